The third kappa shape index (κ3) is 8.82. The number of carbonyl (C=O) groups is 2. The highest BCUT2D eigenvalue weighted by Gasteiger charge is 2.26. The zero-order valence-electron chi connectivity index (χ0n) is 20.6. The van der Waals surface area contributed by atoms with Gasteiger partial charge >= 0.3 is 0 Å². The Morgan fingerprint density at radius 2 is 1.50 bits per heavy atom. The Morgan fingerprint density at radius 1 is 0.912 bits per heavy atom. The minimum Gasteiger partial charge on any atom is -0.354 e. The Bertz CT molecular complexity index is 1010. The van der Waals surface area contributed by atoms with Crippen molar-refractivity contribution in [3.05, 3.63) is 66.2 Å². The van der Waals surface area contributed by atoms with Gasteiger partial charge in [0, 0.05) is 26.1 Å². The summed E-state index contributed by atoms with van der Waals surface area (Å²) in [6.07, 6.45) is 2.29. The van der Waals surface area contributed by atoms with Crippen LogP contribution in [-0.2, 0) is 26.0 Å². The lowest BCUT2D eigenvalue weighted by atomic mass is 10.1. The fourth-order valence-electron chi connectivity index (χ4n) is 3.62. The normalized spacial score (nSPS) is 12.3. The van der Waals surface area contributed by atoms with Crippen molar-refractivity contribution in [2.75, 3.05) is 30.2 Å². The van der Waals surface area contributed by atoms with Crippen LogP contribution in [0, 0.1) is 5.92 Å². The molecule has 1 atom stereocenters. The van der Waals surface area contributed by atoms with E-state index in [0.717, 1.165) is 11.8 Å². The molecule has 0 saturated heterocycles. The maximum absolute atomic E-state index is 13.2. The summed E-state index contributed by atoms with van der Waals surface area (Å²) in [6.45, 7) is 6.92. The SMILES string of the molecule is CC(C)CNC(=O)[C@@H](C)N(CCc1ccccc1)C(=O)CCCN(c1ccccc1)S(C)(=O)=O. The Morgan fingerprint density at radius 3 is 2.06 bits per heavy atom. The van der Waals surface area contributed by atoms with E-state index in [1.54, 1.807) is 36.1 Å². The molecule has 0 bridgehead atoms. The summed E-state index contributed by atoms with van der Waals surface area (Å²) >= 11 is 0. The van der Waals surface area contributed by atoms with Crippen LogP contribution in [0.2, 0.25) is 0 Å². The number of anilines is 1. The number of carbonyl (C=O) groups excluding carboxylic acids is 2. The molecule has 8 heteroatoms. The number of nitrogens with zero attached hydrogens (tertiary/aromatic N) is 2. The number of nitrogens with one attached hydrogen (secondary N) is 1. The Hall–Kier alpha value is -2.87. The molecule has 0 saturated carbocycles. The molecule has 2 aromatic carbocycles. The van der Waals surface area contributed by atoms with Gasteiger partial charge in [0.25, 0.3) is 0 Å². The summed E-state index contributed by atoms with van der Waals surface area (Å²) in [5.74, 6) is -0.0358. The van der Waals surface area contributed by atoms with E-state index in [0.29, 0.717) is 37.5 Å². The fraction of sp³-hybridized carbons (Fsp3) is 0.462. The number of hydrogen-bond donors (Lipinski definition) is 1. The highest BCUT2D eigenvalue weighted by atomic mass is 32.2. The molecule has 1 N–H and O–H groups in total. The first-order chi connectivity index (χ1) is 16.1. The van der Waals surface area contributed by atoms with E-state index >= 15 is 0 Å². The molecule has 0 spiro atoms. The minimum absolute atomic E-state index is 0.148. The molecular formula is C26H37N3O4S. The largest absolute Gasteiger partial charge is 0.354 e. The standard InChI is InChI=1S/C26H37N3O4S/c1-21(2)20-27-26(31)22(3)28(19-17-23-12-7-5-8-13-23)25(30)16-11-18-29(34(4,32)33)24-14-9-6-10-15-24/h5-10,12-15,21-22H,11,16-20H2,1-4H3,(H,27,31)/t22-/m1/s1. The first-order valence-electron chi connectivity index (χ1n) is 11.7. The average molecular weight is 488 g/mol. The van der Waals surface area contributed by atoms with Gasteiger partial charge in [0.2, 0.25) is 21.8 Å². The lowest BCUT2D eigenvalue weighted by Crippen LogP contribution is -2.49. The van der Waals surface area contributed by atoms with Gasteiger partial charge in [-0.15, -0.1) is 0 Å². The molecule has 0 fully saturated rings. The van der Waals surface area contributed by atoms with Crippen molar-refractivity contribution in [1.29, 1.82) is 0 Å². The summed E-state index contributed by atoms with van der Waals surface area (Å²) in [5, 5.41) is 2.91. The Kier molecular flexibility index (Phi) is 10.6. The van der Waals surface area contributed by atoms with Crippen LogP contribution in [0.5, 0.6) is 0 Å². The van der Waals surface area contributed by atoms with E-state index in [1.807, 2.05) is 50.2 Å². The van der Waals surface area contributed by atoms with Crippen LogP contribution in [0.15, 0.2) is 60.7 Å². The first kappa shape index (κ1) is 27.4. The third-order valence-corrected chi connectivity index (χ3v) is 6.73. The van der Waals surface area contributed by atoms with E-state index in [1.165, 1.54) is 4.31 Å². The predicted octanol–water partition coefficient (Wildman–Crippen LogP) is 3.46. The summed E-state index contributed by atoms with van der Waals surface area (Å²) < 4.78 is 25.9. The van der Waals surface area contributed by atoms with Crippen molar-refractivity contribution in [3.63, 3.8) is 0 Å². The van der Waals surface area contributed by atoms with Crippen LogP contribution in [0.3, 0.4) is 0 Å². The van der Waals surface area contributed by atoms with Gasteiger partial charge in [0.05, 0.1) is 11.9 Å². The zero-order valence-corrected chi connectivity index (χ0v) is 21.4. The van der Waals surface area contributed by atoms with Crippen molar-refractivity contribution >= 4 is 27.5 Å². The molecule has 0 aliphatic rings. The molecule has 186 valence electrons. The molecule has 0 aliphatic carbocycles. The monoisotopic (exact) mass is 487 g/mol. The van der Waals surface area contributed by atoms with Crippen LogP contribution in [0.1, 0.15) is 39.2 Å². The number of benzene rings is 2. The number of para-hydroxylation sites is 1. The second-order valence-corrected chi connectivity index (χ2v) is 10.8. The average Bonchev–Trinajstić information content (AvgIpc) is 2.80. The van der Waals surface area contributed by atoms with Crippen molar-refractivity contribution in [2.45, 2.75) is 46.1 Å². The van der Waals surface area contributed by atoms with Gasteiger partial charge in [-0.3, -0.25) is 13.9 Å². The van der Waals surface area contributed by atoms with Crippen molar-refractivity contribution < 1.29 is 18.0 Å². The van der Waals surface area contributed by atoms with Gasteiger partial charge in [-0.2, -0.15) is 0 Å². The second kappa shape index (κ2) is 13.1. The molecule has 2 rings (SSSR count). The van der Waals surface area contributed by atoms with Gasteiger partial charge in [0.1, 0.15) is 6.04 Å². The maximum Gasteiger partial charge on any atom is 0.242 e. The van der Waals surface area contributed by atoms with E-state index in [-0.39, 0.29) is 24.8 Å². The first-order valence-corrected chi connectivity index (χ1v) is 13.6. The van der Waals surface area contributed by atoms with Crippen molar-refractivity contribution in [3.8, 4) is 0 Å². The highest BCUT2D eigenvalue weighted by molar-refractivity contribution is 7.92. The third-order valence-electron chi connectivity index (χ3n) is 5.53. The maximum atomic E-state index is 13.2. The highest BCUT2D eigenvalue weighted by Crippen LogP contribution is 2.18. The molecule has 0 heterocycles. The van der Waals surface area contributed by atoms with Crippen LogP contribution in [0.25, 0.3) is 0 Å². The molecule has 2 amide bonds. The Balaban J connectivity index is 2.07. The number of amides is 2. The van der Waals surface area contributed by atoms with Crippen LogP contribution in [-0.4, -0.2) is 57.1 Å². The van der Waals surface area contributed by atoms with Gasteiger partial charge in [-0.1, -0.05) is 62.4 Å². The number of rotatable bonds is 13. The Labute approximate surface area is 204 Å². The summed E-state index contributed by atoms with van der Waals surface area (Å²) in [6, 6.07) is 18.1. The lowest BCUT2D eigenvalue weighted by Gasteiger charge is -2.29. The molecule has 0 aromatic heterocycles. The van der Waals surface area contributed by atoms with E-state index < -0.39 is 16.1 Å². The number of sulfonamides is 1. The number of hydrogen-bond acceptors (Lipinski definition) is 4. The molecule has 0 radical (unpaired) electrons. The van der Waals surface area contributed by atoms with E-state index in [9.17, 15) is 18.0 Å². The van der Waals surface area contributed by atoms with Crippen LogP contribution in [0.4, 0.5) is 5.69 Å². The molecule has 34 heavy (non-hydrogen) atoms. The minimum atomic E-state index is -3.48. The molecule has 0 unspecified atom stereocenters. The van der Waals surface area contributed by atoms with E-state index in [4.69, 9.17) is 0 Å². The summed E-state index contributed by atoms with van der Waals surface area (Å²) in [5.41, 5.74) is 1.65. The van der Waals surface area contributed by atoms with Crippen molar-refractivity contribution in [1.82, 2.24) is 10.2 Å². The zero-order chi connectivity index (χ0) is 25.1. The van der Waals surface area contributed by atoms with E-state index in [2.05, 4.69) is 5.32 Å². The van der Waals surface area contributed by atoms with Gasteiger partial charge in [-0.25, -0.2) is 8.42 Å². The van der Waals surface area contributed by atoms with Crippen LogP contribution < -0.4 is 9.62 Å². The predicted molar refractivity (Wildman–Crippen MR) is 137 cm³/mol. The molecule has 7 nitrogen and oxygen atoms in total. The fourth-order valence-corrected chi connectivity index (χ4v) is 4.59. The molecule has 0 aliphatic heterocycles. The van der Waals surface area contributed by atoms with Crippen molar-refractivity contribution in [2.24, 2.45) is 5.92 Å². The van der Waals surface area contributed by atoms with Gasteiger partial charge < -0.3 is 10.2 Å². The smallest absolute Gasteiger partial charge is 0.242 e. The lowest BCUT2D eigenvalue weighted by molar-refractivity contribution is -0.140. The summed E-state index contributed by atoms with van der Waals surface area (Å²) in [4.78, 5) is 27.5. The second-order valence-electron chi connectivity index (χ2n) is 8.91. The molecular weight excluding hydrogens is 450 g/mol. The molecule has 2 aromatic rings. The van der Waals surface area contributed by atoms with Crippen LogP contribution >= 0.6 is 0 Å². The topological polar surface area (TPSA) is 86.8 Å². The summed E-state index contributed by atoms with van der Waals surface area (Å²) in [7, 11) is -3.48. The van der Waals surface area contributed by atoms with Gasteiger partial charge in [-0.05, 0) is 43.4 Å². The van der Waals surface area contributed by atoms with Gasteiger partial charge in [0.15, 0.2) is 0 Å². The quantitative estimate of drug-likeness (QED) is 0.469.